The first kappa shape index (κ1) is 34.1. The Morgan fingerprint density at radius 3 is 2.02 bits per heavy atom. The molecule has 0 unspecified atom stereocenters. The van der Waals surface area contributed by atoms with E-state index in [-0.39, 0.29) is 35.6 Å². The quantitative estimate of drug-likeness (QED) is 0.180. The average Bonchev–Trinajstić information content (AvgIpc) is 3.12. The molecular weight excluding hydrogens is 613 g/mol. The summed E-state index contributed by atoms with van der Waals surface area (Å²) in [6.07, 6.45) is 4.01. The molecule has 3 amide bonds. The van der Waals surface area contributed by atoms with Crippen LogP contribution in [-0.4, -0.2) is 35.2 Å². The lowest BCUT2D eigenvalue weighted by molar-refractivity contribution is -0.143. The summed E-state index contributed by atoms with van der Waals surface area (Å²) in [6.45, 7) is 6.68. The third-order valence-electron chi connectivity index (χ3n) is 10.9. The van der Waals surface area contributed by atoms with E-state index in [1.807, 2.05) is 55.5 Å². The Kier molecular flexibility index (Phi) is 9.73. The van der Waals surface area contributed by atoms with Crippen molar-refractivity contribution in [1.82, 2.24) is 15.5 Å². The predicted octanol–water partition coefficient (Wildman–Crippen LogP) is 8.26. The fourth-order valence-electron chi connectivity index (χ4n) is 7.68. The fourth-order valence-corrected chi connectivity index (χ4v) is 7.68. The Morgan fingerprint density at radius 2 is 1.41 bits per heavy atom. The number of carbonyl (C=O) groups excluding carboxylic acids is 3. The van der Waals surface area contributed by atoms with Gasteiger partial charge in [0.2, 0.25) is 11.8 Å². The van der Waals surface area contributed by atoms with Crippen molar-refractivity contribution in [3.63, 3.8) is 0 Å². The molecule has 7 rings (SSSR count). The first-order valence-electron chi connectivity index (χ1n) is 17.4. The molecule has 3 saturated carbocycles. The lowest BCUT2D eigenvalue weighted by atomic mass is 9.56. The second-order valence-corrected chi connectivity index (χ2v) is 14.4. The number of halogens is 1. The van der Waals surface area contributed by atoms with Crippen molar-refractivity contribution in [1.29, 1.82) is 0 Å². The third-order valence-corrected chi connectivity index (χ3v) is 10.9. The van der Waals surface area contributed by atoms with Crippen LogP contribution in [-0.2, 0) is 16.1 Å². The minimum atomic E-state index is -0.851. The summed E-state index contributed by atoms with van der Waals surface area (Å²) in [5.41, 5.74) is 5.51. The van der Waals surface area contributed by atoms with Gasteiger partial charge in [0.1, 0.15) is 11.9 Å². The number of aryl methyl sites for hydroxylation is 1. The minimum Gasteiger partial charge on any atom is -0.347 e. The maximum Gasteiger partial charge on any atom is 0.252 e. The maximum absolute atomic E-state index is 14.1. The topological polar surface area (TPSA) is 78.5 Å². The highest BCUT2D eigenvalue weighted by Gasteiger charge is 2.53. The van der Waals surface area contributed by atoms with Gasteiger partial charge in [-0.1, -0.05) is 92.7 Å². The van der Waals surface area contributed by atoms with Crippen molar-refractivity contribution in [2.45, 2.75) is 83.3 Å². The van der Waals surface area contributed by atoms with E-state index in [0.717, 1.165) is 22.3 Å². The molecule has 4 aromatic rings. The number of carbonyl (C=O) groups is 3. The van der Waals surface area contributed by atoms with Crippen molar-refractivity contribution in [3.8, 4) is 11.1 Å². The molecule has 254 valence electrons. The Hall–Kier alpha value is -4.78. The summed E-state index contributed by atoms with van der Waals surface area (Å²) < 4.78 is 13.5. The van der Waals surface area contributed by atoms with Crippen LogP contribution in [0.5, 0.6) is 0 Å². The molecule has 2 bridgehead atoms. The van der Waals surface area contributed by atoms with E-state index in [1.165, 1.54) is 17.7 Å². The molecule has 4 aromatic carbocycles. The number of nitrogens with one attached hydrogen (secondary N) is 2. The highest BCUT2D eigenvalue weighted by molar-refractivity contribution is 6.02. The van der Waals surface area contributed by atoms with E-state index in [0.29, 0.717) is 55.6 Å². The minimum absolute atomic E-state index is 0.0792. The van der Waals surface area contributed by atoms with Gasteiger partial charge >= 0.3 is 0 Å². The van der Waals surface area contributed by atoms with Crippen LogP contribution in [0.4, 0.5) is 4.39 Å². The predicted molar refractivity (Wildman–Crippen MR) is 191 cm³/mol. The normalized spacial score (nSPS) is 20.4. The number of rotatable bonds is 10. The molecule has 3 aliphatic carbocycles. The van der Waals surface area contributed by atoms with Gasteiger partial charge < -0.3 is 15.5 Å². The summed E-state index contributed by atoms with van der Waals surface area (Å²) in [5, 5.41) is 6.57. The van der Waals surface area contributed by atoms with E-state index in [4.69, 9.17) is 0 Å². The van der Waals surface area contributed by atoms with Crippen molar-refractivity contribution in [3.05, 3.63) is 131 Å². The molecule has 2 N–H and O–H groups in total. The summed E-state index contributed by atoms with van der Waals surface area (Å²) in [5.74, 6) is -0.332. The lowest BCUT2D eigenvalue weighted by Gasteiger charge is -2.52. The zero-order valence-electron chi connectivity index (χ0n) is 28.9. The van der Waals surface area contributed by atoms with E-state index in [1.54, 1.807) is 24.1 Å². The number of benzene rings is 4. The van der Waals surface area contributed by atoms with Crippen LogP contribution < -0.4 is 10.6 Å². The van der Waals surface area contributed by atoms with Gasteiger partial charge in [-0.3, -0.25) is 14.4 Å². The SMILES string of the molecule is Cc1cccc(C(=O)NC23CCC(C(=O)N[C@H](C(=O)N(C)Cc4ccc(F)cc4)c4ccccc4)(CC2)CC3)c1-c1ccc(C(C)C)cc1. The van der Waals surface area contributed by atoms with Gasteiger partial charge in [-0.05, 0) is 103 Å². The standard InChI is InChI=1S/C42H46FN3O3/c1-28(2)31-15-17-32(18-16-31)36-29(3)9-8-12-35(36)38(47)45-42-24-21-41(22-25-42,23-26-42)40(49)44-37(33-10-6-5-7-11-33)39(48)46(4)27-30-13-19-34(43)20-14-30/h5-20,28,37H,21-27H2,1-4H3,(H,44,49)(H,45,47)/t37-,41?,42?/m0/s1. The van der Waals surface area contributed by atoms with E-state index in [2.05, 4.69) is 48.7 Å². The number of fused-ring (bicyclic) bond motifs is 3. The van der Waals surface area contributed by atoms with Gasteiger partial charge in [0.05, 0.1) is 0 Å². The highest BCUT2D eigenvalue weighted by atomic mass is 19.1. The molecule has 3 aliphatic rings. The number of hydrogen-bond donors (Lipinski definition) is 2. The second-order valence-electron chi connectivity index (χ2n) is 14.4. The maximum atomic E-state index is 14.1. The molecule has 0 heterocycles. The van der Waals surface area contributed by atoms with E-state index < -0.39 is 11.5 Å². The Morgan fingerprint density at radius 1 is 0.776 bits per heavy atom. The van der Waals surface area contributed by atoms with Crippen LogP contribution in [0.15, 0.2) is 97.1 Å². The van der Waals surface area contributed by atoms with Gasteiger partial charge in [0.25, 0.3) is 5.91 Å². The molecule has 7 heteroatoms. The van der Waals surface area contributed by atoms with Crippen molar-refractivity contribution in [2.24, 2.45) is 5.41 Å². The third kappa shape index (κ3) is 7.17. The van der Waals surface area contributed by atoms with E-state index >= 15 is 0 Å². The van der Waals surface area contributed by atoms with E-state index in [9.17, 15) is 18.8 Å². The molecule has 0 saturated heterocycles. The van der Waals surface area contributed by atoms with Crippen LogP contribution in [0.1, 0.15) is 96.9 Å². The highest BCUT2D eigenvalue weighted by Crippen LogP contribution is 2.53. The largest absolute Gasteiger partial charge is 0.347 e. The molecule has 0 aromatic heterocycles. The molecule has 49 heavy (non-hydrogen) atoms. The molecule has 0 radical (unpaired) electrons. The number of amides is 3. The number of likely N-dealkylation sites (N-methyl/N-ethyl adjacent to an activating group) is 1. The average molecular weight is 660 g/mol. The molecule has 1 atom stereocenters. The monoisotopic (exact) mass is 659 g/mol. The molecule has 0 spiro atoms. The van der Waals surface area contributed by atoms with Crippen molar-refractivity contribution < 1.29 is 18.8 Å². The summed E-state index contributed by atoms with van der Waals surface area (Å²) in [7, 11) is 1.70. The second kappa shape index (κ2) is 14.0. The molecule has 3 fully saturated rings. The van der Waals surface area contributed by atoms with Crippen molar-refractivity contribution in [2.75, 3.05) is 7.05 Å². The Balaban J connectivity index is 1.15. The Bertz CT molecular complexity index is 1790. The summed E-state index contributed by atoms with van der Waals surface area (Å²) in [6, 6.07) is 28.9. The fraction of sp³-hybridized carbons (Fsp3) is 0.357. The molecule has 0 aliphatic heterocycles. The van der Waals surface area contributed by atoms with Crippen LogP contribution in [0.3, 0.4) is 0 Å². The van der Waals surface area contributed by atoms with Gasteiger partial charge in [-0.2, -0.15) is 0 Å². The first-order valence-corrected chi connectivity index (χ1v) is 17.4. The molecular formula is C42H46FN3O3. The van der Waals surface area contributed by atoms with Crippen LogP contribution in [0.25, 0.3) is 11.1 Å². The summed E-state index contributed by atoms with van der Waals surface area (Å²) >= 11 is 0. The van der Waals surface area contributed by atoms with Crippen LogP contribution in [0, 0.1) is 18.2 Å². The van der Waals surface area contributed by atoms with Crippen LogP contribution >= 0.6 is 0 Å². The van der Waals surface area contributed by atoms with Crippen molar-refractivity contribution >= 4 is 17.7 Å². The van der Waals surface area contributed by atoms with Gasteiger partial charge in [0.15, 0.2) is 0 Å². The van der Waals surface area contributed by atoms with Gasteiger partial charge in [0, 0.05) is 30.1 Å². The smallest absolute Gasteiger partial charge is 0.252 e. The van der Waals surface area contributed by atoms with Gasteiger partial charge in [-0.25, -0.2) is 4.39 Å². The van der Waals surface area contributed by atoms with Crippen LogP contribution in [0.2, 0.25) is 0 Å². The number of nitrogens with zero attached hydrogens (tertiary/aromatic N) is 1. The van der Waals surface area contributed by atoms with Gasteiger partial charge in [-0.15, -0.1) is 0 Å². The zero-order chi connectivity index (χ0) is 34.8. The number of hydrogen-bond acceptors (Lipinski definition) is 3. The first-order chi connectivity index (χ1) is 23.5. The Labute approximate surface area is 289 Å². The zero-order valence-corrected chi connectivity index (χ0v) is 28.9. The summed E-state index contributed by atoms with van der Waals surface area (Å²) in [4.78, 5) is 43.5. The lowest BCUT2D eigenvalue weighted by Crippen LogP contribution is -2.60. The molecule has 6 nitrogen and oxygen atoms in total.